The molecule has 8 N–H and O–H groups in total. The second-order valence-corrected chi connectivity index (χ2v) is 28.8. The summed E-state index contributed by atoms with van der Waals surface area (Å²) in [5, 5.41) is 26.4. The number of halogens is 1. The van der Waals surface area contributed by atoms with E-state index in [0.717, 1.165) is 10.5 Å². The summed E-state index contributed by atoms with van der Waals surface area (Å²) in [6.07, 6.45) is -1.11. The number of carbonyl (C=O) groups excluding carboxylic acids is 10. The molecule has 0 aliphatic carbocycles. The quantitative estimate of drug-likeness (QED) is 0.0196. The van der Waals surface area contributed by atoms with Crippen molar-refractivity contribution >= 4 is 86.8 Å². The third kappa shape index (κ3) is 34.2. The molecule has 4 rings (SSSR count). The topological polar surface area (TPSA) is 415 Å². The number of hydrogen-bond donors (Lipinski definition) is 8. The number of methoxy groups -OCH3 is 2. The summed E-state index contributed by atoms with van der Waals surface area (Å²) in [6.45, 7) is 14.0. The number of unbranched alkanes of at least 4 members (excludes halogenated alkanes) is 1. The Morgan fingerprint density at radius 3 is 2.05 bits per heavy atom. The SMILES string of the molecule is COCCOCCOCCOCCC(=O)NCCCC[C@H](NC(=O)[C@@H](NC(=O)CCN(CCC(=O)O)C(=O)CCC(=O)CCCS(=O)(=O)O)C(C)C)C(=O)NCc1ccc([C@H]2O[C@@H]2[C@@H](C)[C@@H]2C/C=C/C(=O)N[C@H](Cc3ccc(OC)c(Cl)c3)C(=O)NCC(C)(C)C(=O)O[C@@H](CC(C)C)C(=O)O2)cc1. The zero-order valence-electron chi connectivity index (χ0n) is 60.6. The fourth-order valence-electron chi connectivity index (χ4n) is 10.7. The number of epoxide rings is 1. The Labute approximate surface area is 608 Å². The predicted octanol–water partition coefficient (Wildman–Crippen LogP) is 4.45. The number of carboxylic acids is 1. The Morgan fingerprint density at radius 1 is 0.757 bits per heavy atom. The molecule has 2 aromatic carbocycles. The van der Waals surface area contributed by atoms with Crippen LogP contribution in [0.2, 0.25) is 5.02 Å². The number of cyclic esters (lactones) is 2. The Bertz CT molecular complexity index is 3260. The van der Waals surface area contributed by atoms with Gasteiger partial charge in [-0.3, -0.25) is 52.5 Å². The van der Waals surface area contributed by atoms with Gasteiger partial charge >= 0.3 is 17.9 Å². The van der Waals surface area contributed by atoms with E-state index in [1.165, 1.54) is 19.3 Å². The molecule has 2 aliphatic heterocycles. The van der Waals surface area contributed by atoms with Crippen molar-refractivity contribution in [1.82, 2.24) is 36.8 Å². The average molecular weight is 1490 g/mol. The number of esters is 2. The van der Waals surface area contributed by atoms with Gasteiger partial charge in [0.1, 0.15) is 41.9 Å². The maximum Gasteiger partial charge on any atom is 0.347 e. The van der Waals surface area contributed by atoms with Crippen LogP contribution in [0.5, 0.6) is 5.75 Å². The molecule has 0 spiro atoms. The van der Waals surface area contributed by atoms with E-state index in [4.69, 9.17) is 54.0 Å². The Hall–Kier alpha value is -7.65. The van der Waals surface area contributed by atoms with E-state index in [1.54, 1.807) is 65.1 Å². The lowest BCUT2D eigenvalue weighted by Crippen LogP contribution is -2.55. The van der Waals surface area contributed by atoms with Crippen molar-refractivity contribution in [3.8, 4) is 5.75 Å². The predicted molar refractivity (Wildman–Crippen MR) is 376 cm³/mol. The van der Waals surface area contributed by atoms with Crippen molar-refractivity contribution in [2.75, 3.05) is 92.4 Å². The number of nitrogens with one attached hydrogen (secondary N) is 6. The lowest BCUT2D eigenvalue weighted by molar-refractivity contribution is -0.179. The number of hydrogen-bond acceptors (Lipinski definition) is 21. The minimum absolute atomic E-state index is 0.00647. The normalized spacial score (nSPS) is 19.1. The zero-order chi connectivity index (χ0) is 76.2. The van der Waals surface area contributed by atoms with E-state index in [-0.39, 0.29) is 122 Å². The zero-order valence-corrected chi connectivity index (χ0v) is 62.1. The molecule has 7 amide bonds. The molecule has 576 valence electrons. The molecule has 0 bridgehead atoms. The third-order valence-corrected chi connectivity index (χ3v) is 18.0. The first-order valence-electron chi connectivity index (χ1n) is 34.9. The summed E-state index contributed by atoms with van der Waals surface area (Å²) < 4.78 is 75.9. The van der Waals surface area contributed by atoms with Gasteiger partial charge in [0.25, 0.3) is 10.1 Å². The lowest BCUT2D eigenvalue weighted by atomic mass is 9.92. The fourth-order valence-corrected chi connectivity index (χ4v) is 11.5. The highest BCUT2D eigenvalue weighted by atomic mass is 35.5. The van der Waals surface area contributed by atoms with Gasteiger partial charge in [-0.15, -0.1) is 0 Å². The standard InChI is InChI=1S/C71H106ClN7O23S/c1-45(2)40-57-69(90)100-55(16-12-17-59(82)76-54(42-49-20-24-56(96-9)52(72)41-49)67(88)75-44-71(6,7)70(91)101-57)47(5)64-65(102-64)50-21-18-48(19-22-50)43-74-66(87)53(15-10-11-29-73-58(81)28-32-97-35-36-99-38-37-98-34-33-95-8)77-68(89)63(46(3)4)78-60(83)26-30-79(31-27-62(85)86)61(84)25-23-51(80)14-13-39-103(92,93)94/h12,17-22,24,41,45-47,53-55,57,63-65H,10-11,13-16,23,25-40,42-44H2,1-9H3,(H,73,81)(H,74,87)(H,75,88)(H,76,82)(H,77,89)(H,78,83)(H,85,86)(H,92,93,94)/b17-12+/t47-,53-,54+,55-,57-,63-,64+,65+/m0/s1. The summed E-state index contributed by atoms with van der Waals surface area (Å²) in [6, 6.07) is 8.74. The Kier molecular flexibility index (Phi) is 38.8. The molecular weight excluding hydrogens is 1390 g/mol. The summed E-state index contributed by atoms with van der Waals surface area (Å²) in [5.41, 5.74) is 0.714. The lowest BCUT2D eigenvalue weighted by Gasteiger charge is -2.29. The van der Waals surface area contributed by atoms with Crippen LogP contribution in [0.4, 0.5) is 0 Å². The number of ketones is 1. The summed E-state index contributed by atoms with van der Waals surface area (Å²) in [5.74, 6) is -8.62. The molecule has 2 aromatic rings. The highest BCUT2D eigenvalue weighted by molar-refractivity contribution is 7.85. The molecule has 30 nitrogen and oxygen atoms in total. The van der Waals surface area contributed by atoms with Crippen LogP contribution in [0.1, 0.15) is 148 Å². The first kappa shape index (κ1) is 87.8. The molecule has 1 fully saturated rings. The van der Waals surface area contributed by atoms with Crippen molar-refractivity contribution < 1.29 is 109 Å². The number of rotatable bonds is 45. The van der Waals surface area contributed by atoms with Crippen molar-refractivity contribution in [2.24, 2.45) is 23.2 Å². The molecule has 0 radical (unpaired) electrons. The maximum absolute atomic E-state index is 14.2. The van der Waals surface area contributed by atoms with Crippen LogP contribution in [-0.2, 0) is 109 Å². The van der Waals surface area contributed by atoms with Crippen molar-refractivity contribution in [1.29, 1.82) is 0 Å². The van der Waals surface area contributed by atoms with Crippen LogP contribution in [0.15, 0.2) is 54.6 Å². The van der Waals surface area contributed by atoms with Crippen LogP contribution >= 0.6 is 11.6 Å². The average Bonchev–Trinajstić information content (AvgIpc) is 1.63. The Balaban J connectivity index is 1.46. The van der Waals surface area contributed by atoms with Crippen molar-refractivity contribution in [3.05, 3.63) is 76.3 Å². The van der Waals surface area contributed by atoms with E-state index < -0.39 is 141 Å². The molecule has 1 saturated heterocycles. The number of carboxylic acid groups (broad SMARTS) is 1. The minimum Gasteiger partial charge on any atom is -0.495 e. The van der Waals surface area contributed by atoms with Crippen molar-refractivity contribution in [2.45, 2.75) is 181 Å². The number of ether oxygens (including phenoxy) is 8. The van der Waals surface area contributed by atoms with E-state index in [2.05, 4.69) is 31.9 Å². The minimum atomic E-state index is -4.30. The number of Topliss-reactive ketones (excluding diaryl/α,β-unsaturated/α-hetero) is 1. The molecule has 8 atom stereocenters. The van der Waals surface area contributed by atoms with Crippen LogP contribution in [-0.4, -0.2) is 217 Å². The van der Waals surface area contributed by atoms with Gasteiger partial charge in [0.2, 0.25) is 41.4 Å². The van der Waals surface area contributed by atoms with Gasteiger partial charge < -0.3 is 79.8 Å². The number of nitrogens with zero attached hydrogens (tertiary/aromatic N) is 1. The van der Waals surface area contributed by atoms with E-state index >= 15 is 0 Å². The van der Waals surface area contributed by atoms with Gasteiger partial charge in [-0.25, -0.2) is 4.79 Å². The van der Waals surface area contributed by atoms with E-state index in [1.807, 2.05) is 32.9 Å². The number of benzene rings is 2. The van der Waals surface area contributed by atoms with Crippen LogP contribution < -0.4 is 36.6 Å². The van der Waals surface area contributed by atoms with Crippen molar-refractivity contribution in [3.63, 3.8) is 0 Å². The first-order valence-corrected chi connectivity index (χ1v) is 36.9. The monoisotopic (exact) mass is 1490 g/mol. The number of carbonyl (C=O) groups is 11. The number of amides is 7. The van der Waals surface area contributed by atoms with Gasteiger partial charge in [-0.05, 0) is 92.7 Å². The van der Waals surface area contributed by atoms with Gasteiger partial charge in [0.05, 0.1) is 82.1 Å². The second-order valence-electron chi connectivity index (χ2n) is 26.8. The molecule has 0 unspecified atom stereocenters. The third-order valence-electron chi connectivity index (χ3n) is 16.9. The first-order chi connectivity index (χ1) is 48.8. The summed E-state index contributed by atoms with van der Waals surface area (Å²) in [7, 11) is -1.24. The molecule has 32 heteroatoms. The van der Waals surface area contributed by atoms with E-state index in [0.29, 0.717) is 67.8 Å². The molecule has 2 aliphatic rings. The smallest absolute Gasteiger partial charge is 0.347 e. The van der Waals surface area contributed by atoms with Crippen LogP contribution in [0.25, 0.3) is 0 Å². The molecule has 103 heavy (non-hydrogen) atoms. The molecule has 0 aromatic heterocycles. The van der Waals surface area contributed by atoms with Gasteiger partial charge in [-0.1, -0.05) is 82.6 Å². The highest BCUT2D eigenvalue weighted by Crippen LogP contribution is 2.45. The van der Waals surface area contributed by atoms with Gasteiger partial charge in [0, 0.05) is 90.7 Å². The Morgan fingerprint density at radius 2 is 1.42 bits per heavy atom. The van der Waals surface area contributed by atoms with Crippen LogP contribution in [0, 0.1) is 23.2 Å². The second kappa shape index (κ2) is 45.6. The maximum atomic E-state index is 14.2. The van der Waals surface area contributed by atoms with E-state index in [9.17, 15) is 66.3 Å². The molecular formula is C71H106ClN7O23S. The molecule has 0 saturated carbocycles. The van der Waals surface area contributed by atoms with Gasteiger partial charge in [0.15, 0.2) is 6.10 Å². The summed E-state index contributed by atoms with van der Waals surface area (Å²) >= 11 is 6.41. The molecule has 2 heterocycles. The highest BCUT2D eigenvalue weighted by Gasteiger charge is 2.48. The largest absolute Gasteiger partial charge is 0.495 e. The fraction of sp³-hybridized carbons (Fsp3) is 0.648. The summed E-state index contributed by atoms with van der Waals surface area (Å²) in [4.78, 5) is 148. The van der Waals surface area contributed by atoms with Crippen LogP contribution in [0.3, 0.4) is 0 Å². The van der Waals surface area contributed by atoms with Gasteiger partial charge in [-0.2, -0.15) is 8.42 Å². The number of aliphatic carboxylic acids is 1.